The topological polar surface area (TPSA) is 65.1 Å². The molecule has 0 atom stereocenters. The summed E-state index contributed by atoms with van der Waals surface area (Å²) in [7, 11) is 1.84. The highest BCUT2D eigenvalue weighted by Crippen LogP contribution is 2.25. The molecule has 0 radical (unpaired) electrons. The van der Waals surface area contributed by atoms with Crippen LogP contribution in [0.5, 0.6) is 0 Å². The lowest BCUT2D eigenvalue weighted by Crippen LogP contribution is -2.31. The molecular formula is C11H17ClN4. The van der Waals surface area contributed by atoms with Gasteiger partial charge in [-0.2, -0.15) is 0 Å². The van der Waals surface area contributed by atoms with Crippen molar-refractivity contribution in [3.63, 3.8) is 0 Å². The van der Waals surface area contributed by atoms with Crippen LogP contribution >= 0.6 is 11.6 Å². The van der Waals surface area contributed by atoms with Gasteiger partial charge in [0.25, 0.3) is 0 Å². The molecule has 1 rings (SSSR count). The highest BCUT2D eigenvalue weighted by atomic mass is 35.5. The summed E-state index contributed by atoms with van der Waals surface area (Å²) in [4.78, 5) is 1.78. The zero-order valence-corrected chi connectivity index (χ0v) is 10.3. The zero-order valence-electron chi connectivity index (χ0n) is 9.55. The van der Waals surface area contributed by atoms with Gasteiger partial charge in [0.15, 0.2) is 5.96 Å². The number of rotatable bonds is 3. The van der Waals surface area contributed by atoms with Crippen LogP contribution in [0.1, 0.15) is 12.5 Å². The average molecular weight is 241 g/mol. The van der Waals surface area contributed by atoms with Crippen molar-refractivity contribution in [2.24, 2.45) is 5.73 Å². The largest absolute Gasteiger partial charge is 0.346 e. The Hall–Kier alpha value is -1.26. The van der Waals surface area contributed by atoms with E-state index in [2.05, 4.69) is 5.32 Å². The summed E-state index contributed by atoms with van der Waals surface area (Å²) < 4.78 is 0. The molecule has 5 heteroatoms. The molecule has 4 N–H and O–H groups in total. The second kappa shape index (κ2) is 5.72. The summed E-state index contributed by atoms with van der Waals surface area (Å²) >= 11 is 6.14. The monoisotopic (exact) mass is 240 g/mol. The smallest absolute Gasteiger partial charge is 0.195 e. The highest BCUT2D eigenvalue weighted by molar-refractivity contribution is 6.34. The van der Waals surface area contributed by atoms with Crippen LogP contribution in [-0.2, 0) is 6.54 Å². The molecule has 0 aliphatic rings. The van der Waals surface area contributed by atoms with Gasteiger partial charge in [-0.25, -0.2) is 0 Å². The highest BCUT2D eigenvalue weighted by Gasteiger charge is 2.08. The molecule has 0 fully saturated rings. The number of halogens is 1. The first-order valence-electron chi connectivity index (χ1n) is 5.14. The Morgan fingerprint density at radius 2 is 2.25 bits per heavy atom. The average Bonchev–Trinajstić information content (AvgIpc) is 2.30. The predicted molar refractivity (Wildman–Crippen MR) is 69.0 cm³/mol. The second-order valence-electron chi connectivity index (χ2n) is 3.47. The molecule has 0 bridgehead atoms. The van der Waals surface area contributed by atoms with Gasteiger partial charge >= 0.3 is 0 Å². The van der Waals surface area contributed by atoms with Gasteiger partial charge < -0.3 is 16.0 Å². The fourth-order valence-corrected chi connectivity index (χ4v) is 1.47. The maximum Gasteiger partial charge on any atom is 0.195 e. The standard InChI is InChI=1S/C11H17ClN4/c1-3-16(2)11(14)15-9-6-4-5-8(7-13)10(9)12/h4-6H,3,7,13H2,1-2H3,(H2,14,15). The van der Waals surface area contributed by atoms with Gasteiger partial charge in [0, 0.05) is 20.1 Å². The predicted octanol–water partition coefficient (Wildman–Crippen LogP) is 2.10. The molecule has 0 aliphatic carbocycles. The summed E-state index contributed by atoms with van der Waals surface area (Å²) in [5.74, 6) is 0.318. The number of anilines is 1. The van der Waals surface area contributed by atoms with Gasteiger partial charge in [-0.1, -0.05) is 23.7 Å². The molecule has 0 aliphatic heterocycles. The Morgan fingerprint density at radius 1 is 1.56 bits per heavy atom. The van der Waals surface area contributed by atoms with Gasteiger partial charge in [0.2, 0.25) is 0 Å². The Bertz CT molecular complexity index is 378. The maximum atomic E-state index is 7.78. The molecule has 0 saturated heterocycles. The summed E-state index contributed by atoms with van der Waals surface area (Å²) in [6.45, 7) is 3.14. The third kappa shape index (κ3) is 2.87. The van der Waals surface area contributed by atoms with Gasteiger partial charge in [-0.3, -0.25) is 5.41 Å². The van der Waals surface area contributed by atoms with Crippen molar-refractivity contribution in [2.45, 2.75) is 13.5 Å². The summed E-state index contributed by atoms with van der Waals surface area (Å²) in [6, 6.07) is 5.58. The fourth-order valence-electron chi connectivity index (χ4n) is 1.22. The number of guanidine groups is 1. The van der Waals surface area contributed by atoms with Crippen LogP contribution in [0.3, 0.4) is 0 Å². The van der Waals surface area contributed by atoms with Gasteiger partial charge in [-0.05, 0) is 18.6 Å². The van der Waals surface area contributed by atoms with Crippen molar-refractivity contribution in [3.05, 3.63) is 28.8 Å². The minimum Gasteiger partial charge on any atom is -0.346 e. The van der Waals surface area contributed by atoms with Crippen molar-refractivity contribution < 1.29 is 0 Å². The molecule has 0 saturated carbocycles. The number of hydrogen-bond acceptors (Lipinski definition) is 2. The minimum atomic E-state index is 0.318. The van der Waals surface area contributed by atoms with Crippen molar-refractivity contribution >= 4 is 23.2 Å². The van der Waals surface area contributed by atoms with E-state index in [4.69, 9.17) is 22.7 Å². The van der Waals surface area contributed by atoms with Crippen LogP contribution in [0, 0.1) is 5.41 Å². The molecule has 0 spiro atoms. The first kappa shape index (κ1) is 12.8. The Labute approximate surface area is 101 Å². The van der Waals surface area contributed by atoms with E-state index in [0.717, 1.165) is 17.8 Å². The Kier molecular flexibility index (Phi) is 4.58. The van der Waals surface area contributed by atoms with E-state index < -0.39 is 0 Å². The lowest BCUT2D eigenvalue weighted by molar-refractivity contribution is 0.530. The van der Waals surface area contributed by atoms with Gasteiger partial charge in [-0.15, -0.1) is 0 Å². The summed E-state index contributed by atoms with van der Waals surface area (Å²) in [5.41, 5.74) is 7.15. The minimum absolute atomic E-state index is 0.318. The lowest BCUT2D eigenvalue weighted by atomic mass is 10.2. The Morgan fingerprint density at radius 3 is 2.81 bits per heavy atom. The number of nitrogens with two attached hydrogens (primary N) is 1. The van der Waals surface area contributed by atoms with E-state index in [-0.39, 0.29) is 0 Å². The molecule has 0 heterocycles. The first-order valence-corrected chi connectivity index (χ1v) is 5.52. The quantitative estimate of drug-likeness (QED) is 0.560. The fraction of sp³-hybridized carbons (Fsp3) is 0.364. The van der Waals surface area contributed by atoms with E-state index >= 15 is 0 Å². The van der Waals surface area contributed by atoms with Crippen molar-refractivity contribution in [2.75, 3.05) is 18.9 Å². The number of nitrogens with one attached hydrogen (secondary N) is 2. The van der Waals surface area contributed by atoms with Crippen molar-refractivity contribution in [1.29, 1.82) is 5.41 Å². The Balaban J connectivity index is 2.85. The van der Waals surface area contributed by atoms with E-state index in [0.29, 0.717) is 17.5 Å². The molecule has 0 amide bonds. The van der Waals surface area contributed by atoms with Crippen molar-refractivity contribution in [1.82, 2.24) is 4.90 Å². The van der Waals surface area contributed by atoms with Crippen LogP contribution in [0.15, 0.2) is 18.2 Å². The third-order valence-corrected chi connectivity index (χ3v) is 2.85. The maximum absolute atomic E-state index is 7.78. The number of benzene rings is 1. The SMILES string of the molecule is CCN(C)C(=N)Nc1cccc(CN)c1Cl. The van der Waals surface area contributed by atoms with Crippen LogP contribution in [0.4, 0.5) is 5.69 Å². The molecule has 1 aromatic rings. The number of hydrogen-bond donors (Lipinski definition) is 3. The van der Waals surface area contributed by atoms with Crippen LogP contribution < -0.4 is 11.1 Å². The molecule has 16 heavy (non-hydrogen) atoms. The molecule has 0 aromatic heterocycles. The molecule has 1 aromatic carbocycles. The summed E-state index contributed by atoms with van der Waals surface area (Å²) in [6.07, 6.45) is 0. The van der Waals surface area contributed by atoms with E-state index in [1.54, 1.807) is 4.90 Å². The zero-order chi connectivity index (χ0) is 12.1. The lowest BCUT2D eigenvalue weighted by Gasteiger charge is -2.19. The van der Waals surface area contributed by atoms with E-state index in [1.807, 2.05) is 32.2 Å². The second-order valence-corrected chi connectivity index (χ2v) is 3.85. The molecule has 4 nitrogen and oxygen atoms in total. The molecule has 88 valence electrons. The van der Waals surface area contributed by atoms with Crippen molar-refractivity contribution in [3.8, 4) is 0 Å². The van der Waals surface area contributed by atoms with Gasteiger partial charge in [0.1, 0.15) is 0 Å². The van der Waals surface area contributed by atoms with Crippen LogP contribution in [0.25, 0.3) is 0 Å². The molecule has 0 unspecified atom stereocenters. The first-order chi connectivity index (χ1) is 7.60. The summed E-state index contributed by atoms with van der Waals surface area (Å²) in [5, 5.41) is 11.3. The molecular weight excluding hydrogens is 224 g/mol. The third-order valence-electron chi connectivity index (χ3n) is 2.41. The number of nitrogens with zero attached hydrogens (tertiary/aromatic N) is 1. The van der Waals surface area contributed by atoms with E-state index in [9.17, 15) is 0 Å². The van der Waals surface area contributed by atoms with Crippen LogP contribution in [-0.4, -0.2) is 24.5 Å². The van der Waals surface area contributed by atoms with Crippen LogP contribution in [0.2, 0.25) is 5.02 Å². The van der Waals surface area contributed by atoms with E-state index in [1.165, 1.54) is 0 Å². The normalized spacial score (nSPS) is 10.0. The van der Waals surface area contributed by atoms with Gasteiger partial charge in [0.05, 0.1) is 10.7 Å².